The van der Waals surface area contributed by atoms with E-state index >= 15 is 0 Å². The second kappa shape index (κ2) is 6.84. The molecule has 0 fully saturated rings. The Labute approximate surface area is 119 Å². The molecule has 0 unspecified atom stereocenters. The fraction of sp³-hybridized carbons (Fsp3) is 0.429. The largest absolute Gasteiger partial charge is 0.392 e. The van der Waals surface area contributed by atoms with Gasteiger partial charge in [-0.05, 0) is 31.0 Å². The van der Waals surface area contributed by atoms with Gasteiger partial charge in [-0.2, -0.15) is 4.31 Å². The molecule has 0 heterocycles. The van der Waals surface area contributed by atoms with Gasteiger partial charge in [-0.1, -0.05) is 12.8 Å². The van der Waals surface area contributed by atoms with Gasteiger partial charge in [0.1, 0.15) is 5.82 Å². The number of aliphatic hydroxyl groups is 1. The van der Waals surface area contributed by atoms with E-state index < -0.39 is 22.4 Å². The van der Waals surface area contributed by atoms with Crippen molar-refractivity contribution >= 4 is 10.0 Å². The van der Waals surface area contributed by atoms with Crippen LogP contribution in [0.15, 0.2) is 17.0 Å². The molecule has 1 aromatic carbocycles. The number of nitrogens with zero attached hydrogens (tertiary/aromatic N) is 1. The van der Waals surface area contributed by atoms with E-state index in [9.17, 15) is 12.8 Å². The maximum Gasteiger partial charge on any atom is 0.244 e. The topological polar surface area (TPSA) is 57.6 Å². The molecule has 0 aliphatic carbocycles. The summed E-state index contributed by atoms with van der Waals surface area (Å²) in [5.41, 5.74) is 0.240. The van der Waals surface area contributed by atoms with Crippen LogP contribution in [0.25, 0.3) is 0 Å². The van der Waals surface area contributed by atoms with Crippen molar-refractivity contribution in [1.82, 2.24) is 4.31 Å². The van der Waals surface area contributed by atoms with Crippen molar-refractivity contribution in [1.29, 1.82) is 0 Å². The third-order valence-electron chi connectivity index (χ3n) is 2.90. The molecule has 110 valence electrons. The van der Waals surface area contributed by atoms with E-state index in [0.717, 1.165) is 10.4 Å². The van der Waals surface area contributed by atoms with Gasteiger partial charge in [-0.15, -0.1) is 6.42 Å². The Morgan fingerprint density at radius 3 is 2.60 bits per heavy atom. The molecule has 0 aromatic heterocycles. The number of hydrogen-bond acceptors (Lipinski definition) is 3. The van der Waals surface area contributed by atoms with Gasteiger partial charge >= 0.3 is 0 Å². The van der Waals surface area contributed by atoms with E-state index in [1.807, 2.05) is 6.92 Å². The zero-order chi connectivity index (χ0) is 15.3. The molecule has 0 amide bonds. The highest BCUT2D eigenvalue weighted by molar-refractivity contribution is 7.89. The molecule has 0 aliphatic heterocycles. The number of rotatable bonds is 6. The molecule has 0 radical (unpaired) electrons. The Morgan fingerprint density at radius 1 is 1.45 bits per heavy atom. The van der Waals surface area contributed by atoms with Crippen molar-refractivity contribution in [3.05, 3.63) is 29.1 Å². The van der Waals surface area contributed by atoms with Gasteiger partial charge in [-0.3, -0.25) is 0 Å². The molecular weight excluding hydrogens is 281 g/mol. The van der Waals surface area contributed by atoms with E-state index in [1.165, 1.54) is 13.0 Å². The molecule has 4 nitrogen and oxygen atoms in total. The van der Waals surface area contributed by atoms with Crippen LogP contribution in [0.1, 0.15) is 24.5 Å². The van der Waals surface area contributed by atoms with E-state index in [1.54, 1.807) is 0 Å². The van der Waals surface area contributed by atoms with E-state index in [0.29, 0.717) is 6.42 Å². The van der Waals surface area contributed by atoms with Gasteiger partial charge in [-0.25, -0.2) is 12.8 Å². The van der Waals surface area contributed by atoms with Crippen molar-refractivity contribution < 1.29 is 17.9 Å². The third kappa shape index (κ3) is 3.37. The monoisotopic (exact) mass is 299 g/mol. The summed E-state index contributed by atoms with van der Waals surface area (Å²) in [6, 6.07) is 2.41. The molecule has 0 saturated heterocycles. The van der Waals surface area contributed by atoms with Gasteiger partial charge in [0, 0.05) is 12.1 Å². The van der Waals surface area contributed by atoms with Crippen molar-refractivity contribution in [3.63, 3.8) is 0 Å². The minimum Gasteiger partial charge on any atom is -0.392 e. The molecule has 0 saturated carbocycles. The van der Waals surface area contributed by atoms with Crippen LogP contribution >= 0.6 is 0 Å². The number of hydrogen-bond donors (Lipinski definition) is 1. The summed E-state index contributed by atoms with van der Waals surface area (Å²) in [6.07, 6.45) is 5.79. The quantitative estimate of drug-likeness (QED) is 0.813. The van der Waals surface area contributed by atoms with Crippen molar-refractivity contribution in [2.45, 2.75) is 31.8 Å². The smallest absolute Gasteiger partial charge is 0.244 e. The van der Waals surface area contributed by atoms with Crippen LogP contribution in [-0.4, -0.2) is 30.9 Å². The van der Waals surface area contributed by atoms with Gasteiger partial charge in [0.2, 0.25) is 10.0 Å². The first-order valence-corrected chi connectivity index (χ1v) is 7.66. The Hall–Kier alpha value is -1.42. The van der Waals surface area contributed by atoms with Crippen LogP contribution in [0.5, 0.6) is 0 Å². The van der Waals surface area contributed by atoms with Crippen molar-refractivity contribution in [3.8, 4) is 12.3 Å². The average molecular weight is 299 g/mol. The van der Waals surface area contributed by atoms with Gasteiger partial charge in [0.25, 0.3) is 0 Å². The number of sulfonamides is 1. The summed E-state index contributed by atoms with van der Waals surface area (Å²) in [5, 5.41) is 9.08. The number of halogens is 1. The van der Waals surface area contributed by atoms with Gasteiger partial charge < -0.3 is 5.11 Å². The van der Waals surface area contributed by atoms with Crippen LogP contribution in [0.2, 0.25) is 0 Å². The predicted molar refractivity (Wildman–Crippen MR) is 74.9 cm³/mol. The molecule has 0 aliphatic rings. The molecule has 1 rings (SSSR count). The maximum absolute atomic E-state index is 13.8. The Balaban J connectivity index is 3.40. The SMILES string of the molecule is C#CCN(CCC)S(=O)(=O)c1cc(CO)cc(F)c1C. The molecule has 6 heteroatoms. The summed E-state index contributed by atoms with van der Waals surface area (Å²) in [7, 11) is -3.87. The van der Waals surface area contributed by atoms with Crippen molar-refractivity contribution in [2.24, 2.45) is 0 Å². The summed E-state index contributed by atoms with van der Waals surface area (Å²) in [6.45, 7) is 2.99. The van der Waals surface area contributed by atoms with Crippen molar-refractivity contribution in [2.75, 3.05) is 13.1 Å². The summed E-state index contributed by atoms with van der Waals surface area (Å²) >= 11 is 0. The number of benzene rings is 1. The first-order valence-electron chi connectivity index (χ1n) is 6.22. The molecule has 1 aromatic rings. The minimum absolute atomic E-state index is 0.0281. The highest BCUT2D eigenvalue weighted by Gasteiger charge is 2.26. The summed E-state index contributed by atoms with van der Waals surface area (Å²) in [4.78, 5) is -0.148. The molecular formula is C14H18FNO3S. The Morgan fingerprint density at radius 2 is 2.10 bits per heavy atom. The molecule has 20 heavy (non-hydrogen) atoms. The first kappa shape index (κ1) is 16.6. The Bertz CT molecular complexity index is 620. The maximum atomic E-state index is 13.8. The average Bonchev–Trinajstić information content (AvgIpc) is 2.41. The lowest BCUT2D eigenvalue weighted by atomic mass is 10.1. The lowest BCUT2D eigenvalue weighted by Crippen LogP contribution is -2.33. The van der Waals surface area contributed by atoms with E-state index in [-0.39, 0.29) is 29.1 Å². The highest BCUT2D eigenvalue weighted by Crippen LogP contribution is 2.24. The lowest BCUT2D eigenvalue weighted by Gasteiger charge is -2.21. The van der Waals surface area contributed by atoms with E-state index in [4.69, 9.17) is 11.5 Å². The summed E-state index contributed by atoms with van der Waals surface area (Å²) in [5.74, 6) is 1.63. The molecule has 0 spiro atoms. The Kier molecular flexibility index (Phi) is 5.69. The number of aliphatic hydroxyl groups excluding tert-OH is 1. The zero-order valence-electron chi connectivity index (χ0n) is 11.6. The minimum atomic E-state index is -3.87. The normalized spacial score (nSPS) is 11.6. The zero-order valence-corrected chi connectivity index (χ0v) is 12.4. The van der Waals surface area contributed by atoms with Crippen LogP contribution in [0, 0.1) is 25.1 Å². The fourth-order valence-electron chi connectivity index (χ4n) is 1.84. The first-order chi connectivity index (χ1) is 9.38. The second-order valence-electron chi connectivity index (χ2n) is 4.40. The fourth-order valence-corrected chi connectivity index (χ4v) is 3.57. The number of terminal acetylenes is 1. The molecule has 1 N–H and O–H groups in total. The van der Waals surface area contributed by atoms with Gasteiger partial charge in [0.05, 0.1) is 18.0 Å². The standard InChI is InChI=1S/C14H18FNO3S/c1-4-6-16(7-5-2)20(18,19)14-9-12(10-17)8-13(15)11(14)3/h1,8-9,17H,5-7,10H2,2-3H3. The predicted octanol–water partition coefficient (Wildman–Crippen LogP) is 1.66. The lowest BCUT2D eigenvalue weighted by molar-refractivity contribution is 0.280. The molecule has 0 bridgehead atoms. The summed E-state index contributed by atoms with van der Waals surface area (Å²) < 4.78 is 40.0. The van der Waals surface area contributed by atoms with Gasteiger partial charge in [0.15, 0.2) is 0 Å². The van der Waals surface area contributed by atoms with Crippen LogP contribution in [0.4, 0.5) is 4.39 Å². The van der Waals surface area contributed by atoms with E-state index in [2.05, 4.69) is 5.92 Å². The molecule has 0 atom stereocenters. The van der Waals surface area contributed by atoms with Crippen LogP contribution in [0.3, 0.4) is 0 Å². The van der Waals surface area contributed by atoms with Crippen LogP contribution in [-0.2, 0) is 16.6 Å². The highest BCUT2D eigenvalue weighted by atomic mass is 32.2. The third-order valence-corrected chi connectivity index (χ3v) is 4.87. The van der Waals surface area contributed by atoms with Crippen LogP contribution < -0.4 is 0 Å². The second-order valence-corrected chi connectivity index (χ2v) is 6.31.